The van der Waals surface area contributed by atoms with Crippen LogP contribution in [0.15, 0.2) is 24.3 Å². The van der Waals surface area contributed by atoms with Gasteiger partial charge in [-0.2, -0.15) is 0 Å². The van der Waals surface area contributed by atoms with Gasteiger partial charge in [-0.3, -0.25) is 0 Å². The van der Waals surface area contributed by atoms with Crippen LogP contribution in [0.25, 0.3) is 0 Å². The Morgan fingerprint density at radius 1 is 1.41 bits per heavy atom. The first-order valence-corrected chi connectivity index (χ1v) is 5.89. The average molecular weight is 236 g/mol. The van der Waals surface area contributed by atoms with Crippen LogP contribution in [0.1, 0.15) is 25.0 Å². The first-order chi connectivity index (χ1) is 7.99. The fourth-order valence-corrected chi connectivity index (χ4v) is 1.58. The van der Waals surface area contributed by atoms with Crippen LogP contribution in [0, 0.1) is 12.8 Å². The summed E-state index contributed by atoms with van der Waals surface area (Å²) < 4.78 is 5.41. The first kappa shape index (κ1) is 13.7. The van der Waals surface area contributed by atoms with E-state index in [-0.39, 0.29) is 0 Å². The van der Waals surface area contributed by atoms with Crippen LogP contribution in [0.3, 0.4) is 0 Å². The molecule has 0 bridgehead atoms. The van der Waals surface area contributed by atoms with E-state index in [1.165, 1.54) is 0 Å². The van der Waals surface area contributed by atoms with Gasteiger partial charge in [0, 0.05) is 6.42 Å². The SMILES string of the molecule is Cc1cccc(C[C@H](OCC(C)C)C(=O)O)c1. The lowest BCUT2D eigenvalue weighted by atomic mass is 10.1. The Morgan fingerprint density at radius 2 is 2.12 bits per heavy atom. The van der Waals surface area contributed by atoms with Gasteiger partial charge in [0.05, 0.1) is 6.61 Å². The fraction of sp³-hybridized carbons (Fsp3) is 0.500. The summed E-state index contributed by atoms with van der Waals surface area (Å²) in [6, 6.07) is 7.86. The average Bonchev–Trinajstić information content (AvgIpc) is 2.23. The highest BCUT2D eigenvalue weighted by atomic mass is 16.5. The zero-order valence-corrected chi connectivity index (χ0v) is 10.6. The molecule has 3 heteroatoms. The van der Waals surface area contributed by atoms with Gasteiger partial charge in [-0.25, -0.2) is 4.79 Å². The predicted octanol–water partition coefficient (Wildman–Crippen LogP) is 2.66. The van der Waals surface area contributed by atoms with Crippen molar-refractivity contribution in [3.05, 3.63) is 35.4 Å². The van der Waals surface area contributed by atoms with E-state index in [1.54, 1.807) is 0 Å². The van der Waals surface area contributed by atoms with Gasteiger partial charge in [0.25, 0.3) is 0 Å². The van der Waals surface area contributed by atoms with Crippen LogP contribution in [-0.4, -0.2) is 23.8 Å². The number of carboxylic acid groups (broad SMARTS) is 1. The molecule has 0 unspecified atom stereocenters. The maximum absolute atomic E-state index is 11.1. The summed E-state index contributed by atoms with van der Waals surface area (Å²) >= 11 is 0. The fourth-order valence-electron chi connectivity index (χ4n) is 1.58. The van der Waals surface area contributed by atoms with Crippen molar-refractivity contribution in [2.75, 3.05) is 6.61 Å². The number of aryl methyl sites for hydroxylation is 1. The third-order valence-corrected chi connectivity index (χ3v) is 2.41. The van der Waals surface area contributed by atoms with Gasteiger partial charge in [0.1, 0.15) is 0 Å². The molecule has 1 aromatic rings. The van der Waals surface area contributed by atoms with Gasteiger partial charge < -0.3 is 9.84 Å². The van der Waals surface area contributed by atoms with E-state index in [9.17, 15) is 4.79 Å². The Bertz CT molecular complexity index is 371. The molecule has 0 aliphatic heterocycles. The number of ether oxygens (including phenoxy) is 1. The molecule has 17 heavy (non-hydrogen) atoms. The Hall–Kier alpha value is -1.35. The third-order valence-electron chi connectivity index (χ3n) is 2.41. The van der Waals surface area contributed by atoms with Crippen molar-refractivity contribution < 1.29 is 14.6 Å². The van der Waals surface area contributed by atoms with Gasteiger partial charge in [0.15, 0.2) is 6.10 Å². The lowest BCUT2D eigenvalue weighted by Gasteiger charge is -2.15. The highest BCUT2D eigenvalue weighted by Crippen LogP contribution is 2.10. The highest BCUT2D eigenvalue weighted by molar-refractivity contribution is 5.72. The summed E-state index contributed by atoms with van der Waals surface area (Å²) in [7, 11) is 0. The molecular weight excluding hydrogens is 216 g/mol. The highest BCUT2D eigenvalue weighted by Gasteiger charge is 2.19. The van der Waals surface area contributed by atoms with Crippen molar-refractivity contribution in [1.82, 2.24) is 0 Å². The van der Waals surface area contributed by atoms with Crippen molar-refractivity contribution in [1.29, 1.82) is 0 Å². The van der Waals surface area contributed by atoms with E-state index in [0.717, 1.165) is 11.1 Å². The van der Waals surface area contributed by atoms with E-state index in [1.807, 2.05) is 45.0 Å². The van der Waals surface area contributed by atoms with E-state index < -0.39 is 12.1 Å². The predicted molar refractivity (Wildman–Crippen MR) is 67.1 cm³/mol. The molecule has 0 saturated carbocycles. The Balaban J connectivity index is 2.63. The molecule has 1 rings (SSSR count). The van der Waals surface area contributed by atoms with Crippen LogP contribution in [0.5, 0.6) is 0 Å². The number of hydrogen-bond acceptors (Lipinski definition) is 2. The summed E-state index contributed by atoms with van der Waals surface area (Å²) in [5.41, 5.74) is 2.14. The van der Waals surface area contributed by atoms with Gasteiger partial charge >= 0.3 is 5.97 Å². The first-order valence-electron chi connectivity index (χ1n) is 5.89. The molecule has 0 aliphatic rings. The lowest BCUT2D eigenvalue weighted by Crippen LogP contribution is -2.28. The van der Waals surface area contributed by atoms with Crippen molar-refractivity contribution in [3.8, 4) is 0 Å². The molecule has 0 amide bonds. The minimum Gasteiger partial charge on any atom is -0.479 e. The van der Waals surface area contributed by atoms with E-state index in [0.29, 0.717) is 18.9 Å². The van der Waals surface area contributed by atoms with Crippen LogP contribution in [-0.2, 0) is 16.0 Å². The summed E-state index contributed by atoms with van der Waals surface area (Å²) in [6.07, 6.45) is -0.330. The van der Waals surface area contributed by atoms with Crippen LogP contribution < -0.4 is 0 Å². The van der Waals surface area contributed by atoms with Gasteiger partial charge in [0.2, 0.25) is 0 Å². The topological polar surface area (TPSA) is 46.5 Å². The zero-order valence-electron chi connectivity index (χ0n) is 10.6. The van der Waals surface area contributed by atoms with E-state index in [4.69, 9.17) is 9.84 Å². The zero-order chi connectivity index (χ0) is 12.8. The number of benzene rings is 1. The summed E-state index contributed by atoms with van der Waals surface area (Å²) in [5, 5.41) is 9.09. The quantitative estimate of drug-likeness (QED) is 0.826. The van der Waals surface area contributed by atoms with Crippen LogP contribution in [0.2, 0.25) is 0 Å². The minimum absolute atomic E-state index is 0.342. The number of rotatable bonds is 6. The minimum atomic E-state index is -0.896. The molecule has 0 spiro atoms. The second-order valence-electron chi connectivity index (χ2n) is 4.75. The summed E-state index contributed by atoms with van der Waals surface area (Å²) in [5.74, 6) is -0.554. The van der Waals surface area contributed by atoms with Gasteiger partial charge in [-0.05, 0) is 18.4 Å². The Kier molecular flexibility index (Phi) is 5.16. The van der Waals surface area contributed by atoms with Crippen molar-refractivity contribution in [3.63, 3.8) is 0 Å². The molecule has 0 fully saturated rings. The largest absolute Gasteiger partial charge is 0.479 e. The molecule has 0 heterocycles. The lowest BCUT2D eigenvalue weighted by molar-refractivity contribution is -0.150. The number of carbonyl (C=O) groups is 1. The summed E-state index contributed by atoms with van der Waals surface area (Å²) in [6.45, 7) is 6.48. The smallest absolute Gasteiger partial charge is 0.333 e. The normalized spacial score (nSPS) is 12.7. The molecule has 1 N–H and O–H groups in total. The standard InChI is InChI=1S/C14H20O3/c1-10(2)9-17-13(14(15)16)8-12-6-4-5-11(3)7-12/h4-7,10,13H,8-9H2,1-3H3,(H,15,16)/t13-/m0/s1. The second kappa shape index (κ2) is 6.40. The van der Waals surface area contributed by atoms with Crippen molar-refractivity contribution in [2.45, 2.75) is 33.3 Å². The van der Waals surface area contributed by atoms with Gasteiger partial charge in [-0.15, -0.1) is 0 Å². The third kappa shape index (κ3) is 5.00. The maximum atomic E-state index is 11.1. The van der Waals surface area contributed by atoms with Crippen molar-refractivity contribution >= 4 is 5.97 Å². The molecule has 0 saturated heterocycles. The number of carboxylic acids is 1. The molecular formula is C14H20O3. The van der Waals surface area contributed by atoms with Crippen LogP contribution >= 0.6 is 0 Å². The summed E-state index contributed by atoms with van der Waals surface area (Å²) in [4.78, 5) is 11.1. The monoisotopic (exact) mass is 236 g/mol. The van der Waals surface area contributed by atoms with Crippen molar-refractivity contribution in [2.24, 2.45) is 5.92 Å². The number of aliphatic carboxylic acids is 1. The molecule has 94 valence electrons. The molecule has 0 aromatic heterocycles. The van der Waals surface area contributed by atoms with E-state index in [2.05, 4.69) is 0 Å². The molecule has 1 aromatic carbocycles. The van der Waals surface area contributed by atoms with E-state index >= 15 is 0 Å². The Labute approximate surface area is 102 Å². The molecule has 0 radical (unpaired) electrons. The second-order valence-corrected chi connectivity index (χ2v) is 4.75. The maximum Gasteiger partial charge on any atom is 0.333 e. The molecule has 0 aliphatic carbocycles. The number of hydrogen-bond donors (Lipinski definition) is 1. The Morgan fingerprint density at radius 3 is 2.65 bits per heavy atom. The molecule has 3 nitrogen and oxygen atoms in total. The van der Waals surface area contributed by atoms with Crippen LogP contribution in [0.4, 0.5) is 0 Å². The van der Waals surface area contributed by atoms with Gasteiger partial charge in [-0.1, -0.05) is 43.7 Å². The molecule has 1 atom stereocenters.